The molecule has 130 valence electrons. The van der Waals surface area contributed by atoms with Gasteiger partial charge in [-0.25, -0.2) is 4.98 Å². The van der Waals surface area contributed by atoms with E-state index < -0.39 is 0 Å². The maximum Gasteiger partial charge on any atom is 0.229 e. The Morgan fingerprint density at radius 3 is 2.88 bits per heavy atom. The van der Waals surface area contributed by atoms with Crippen LogP contribution in [0.5, 0.6) is 0 Å². The lowest BCUT2D eigenvalue weighted by atomic mass is 10.2. The second-order valence-corrected chi connectivity index (χ2v) is 6.89. The maximum absolute atomic E-state index is 9.19. The molecule has 1 aliphatic carbocycles. The Hall–Kier alpha value is -2.46. The van der Waals surface area contributed by atoms with Crippen LogP contribution in [-0.4, -0.2) is 46.2 Å². The molecule has 4 rings (SSSR count). The number of nitriles is 1. The van der Waals surface area contributed by atoms with Gasteiger partial charge in [-0.3, -0.25) is 4.90 Å². The quantitative estimate of drug-likeness (QED) is 0.845. The highest BCUT2D eigenvalue weighted by molar-refractivity contribution is 5.45. The summed E-state index contributed by atoms with van der Waals surface area (Å²) < 4.78 is 5.35. The molecule has 1 saturated carbocycles. The first-order valence-corrected chi connectivity index (χ1v) is 8.90. The number of rotatable bonds is 4. The summed E-state index contributed by atoms with van der Waals surface area (Å²) in [6.45, 7) is 6.39. The Kier molecular flexibility index (Phi) is 4.36. The molecular weight excluding hydrogens is 316 g/mol. The summed E-state index contributed by atoms with van der Waals surface area (Å²) in [5, 5.41) is 13.3. The number of hydrogen-bond donors (Lipinski definition) is 0. The second-order valence-electron chi connectivity index (χ2n) is 6.89. The number of aryl methyl sites for hydroxylation is 1. The van der Waals surface area contributed by atoms with Crippen LogP contribution in [0.2, 0.25) is 0 Å². The first-order valence-electron chi connectivity index (χ1n) is 8.90. The van der Waals surface area contributed by atoms with Crippen molar-refractivity contribution in [3.63, 3.8) is 0 Å². The smallest absolute Gasteiger partial charge is 0.229 e. The fourth-order valence-electron chi connectivity index (χ4n) is 3.19. The molecule has 2 fully saturated rings. The zero-order valence-electron chi connectivity index (χ0n) is 14.5. The van der Waals surface area contributed by atoms with E-state index in [1.54, 1.807) is 0 Å². The lowest BCUT2D eigenvalue weighted by Crippen LogP contribution is -2.31. The van der Waals surface area contributed by atoms with Crippen molar-refractivity contribution in [2.45, 2.75) is 38.6 Å². The van der Waals surface area contributed by atoms with Crippen LogP contribution in [0.15, 0.2) is 16.7 Å². The van der Waals surface area contributed by atoms with Crippen LogP contribution in [0.4, 0.5) is 5.82 Å². The minimum atomic E-state index is 0.503. The molecule has 2 aromatic heterocycles. The standard InChI is InChI=1S/C18H22N6O/c1-13-3-6-17(20-15(13)11-19)24-8-2-7-23(9-10-24)12-16-21-18(25-22-16)14-4-5-14/h3,6,14H,2,4-5,7-10,12H2,1H3. The first kappa shape index (κ1) is 16.0. The van der Waals surface area contributed by atoms with E-state index in [-0.39, 0.29) is 0 Å². The Morgan fingerprint density at radius 1 is 1.20 bits per heavy atom. The summed E-state index contributed by atoms with van der Waals surface area (Å²) in [4.78, 5) is 13.6. The van der Waals surface area contributed by atoms with Gasteiger partial charge in [0.25, 0.3) is 0 Å². The van der Waals surface area contributed by atoms with E-state index in [2.05, 4.69) is 31.0 Å². The summed E-state index contributed by atoms with van der Waals surface area (Å²) in [6, 6.07) is 6.15. The number of nitrogens with zero attached hydrogens (tertiary/aromatic N) is 6. The largest absolute Gasteiger partial charge is 0.355 e. The third kappa shape index (κ3) is 3.64. The van der Waals surface area contributed by atoms with E-state index in [1.165, 1.54) is 12.8 Å². The van der Waals surface area contributed by atoms with Gasteiger partial charge in [0.15, 0.2) is 5.82 Å². The van der Waals surface area contributed by atoms with Crippen molar-refractivity contribution < 1.29 is 4.52 Å². The van der Waals surface area contributed by atoms with Crippen LogP contribution in [0.1, 0.15) is 48.2 Å². The van der Waals surface area contributed by atoms with Crippen LogP contribution in [0, 0.1) is 18.3 Å². The van der Waals surface area contributed by atoms with Crippen LogP contribution in [-0.2, 0) is 6.54 Å². The lowest BCUT2D eigenvalue weighted by Gasteiger charge is -2.22. The molecule has 2 aromatic rings. The van der Waals surface area contributed by atoms with Gasteiger partial charge in [-0.15, -0.1) is 0 Å². The summed E-state index contributed by atoms with van der Waals surface area (Å²) in [7, 11) is 0. The maximum atomic E-state index is 9.19. The first-order chi connectivity index (χ1) is 12.2. The molecule has 25 heavy (non-hydrogen) atoms. The van der Waals surface area contributed by atoms with Gasteiger partial charge < -0.3 is 9.42 Å². The van der Waals surface area contributed by atoms with Gasteiger partial charge in [-0.05, 0) is 37.8 Å². The fraction of sp³-hybridized carbons (Fsp3) is 0.556. The Morgan fingerprint density at radius 2 is 2.08 bits per heavy atom. The highest BCUT2D eigenvalue weighted by atomic mass is 16.5. The lowest BCUT2D eigenvalue weighted by molar-refractivity contribution is 0.271. The molecule has 2 aliphatic rings. The average molecular weight is 338 g/mol. The molecule has 0 amide bonds. The van der Waals surface area contributed by atoms with Gasteiger partial charge in [-0.2, -0.15) is 10.2 Å². The molecule has 0 unspecified atom stereocenters. The fourth-order valence-corrected chi connectivity index (χ4v) is 3.19. The topological polar surface area (TPSA) is 82.1 Å². The molecule has 7 heteroatoms. The Bertz CT molecular complexity index is 791. The van der Waals surface area contributed by atoms with Gasteiger partial charge in [0.1, 0.15) is 17.6 Å². The van der Waals surface area contributed by atoms with Gasteiger partial charge in [0.05, 0.1) is 6.54 Å². The third-order valence-electron chi connectivity index (χ3n) is 4.88. The van der Waals surface area contributed by atoms with E-state index in [1.807, 2.05) is 19.1 Å². The molecule has 1 saturated heterocycles. The van der Waals surface area contributed by atoms with Gasteiger partial charge >= 0.3 is 0 Å². The van der Waals surface area contributed by atoms with Crippen LogP contribution < -0.4 is 4.90 Å². The predicted molar refractivity (Wildman–Crippen MR) is 92.1 cm³/mol. The number of hydrogen-bond acceptors (Lipinski definition) is 7. The molecule has 1 aliphatic heterocycles. The van der Waals surface area contributed by atoms with Gasteiger partial charge in [0.2, 0.25) is 5.89 Å². The summed E-state index contributed by atoms with van der Waals surface area (Å²) in [5.74, 6) is 2.98. The van der Waals surface area contributed by atoms with Crippen molar-refractivity contribution in [3.8, 4) is 6.07 Å². The minimum Gasteiger partial charge on any atom is -0.355 e. The number of aromatic nitrogens is 3. The summed E-state index contributed by atoms with van der Waals surface area (Å²) in [5.41, 5.74) is 1.43. The van der Waals surface area contributed by atoms with Crippen molar-refractivity contribution in [1.29, 1.82) is 5.26 Å². The van der Waals surface area contributed by atoms with Crippen molar-refractivity contribution >= 4 is 5.82 Å². The van der Waals surface area contributed by atoms with E-state index in [4.69, 9.17) is 4.52 Å². The number of anilines is 1. The molecule has 0 N–H and O–H groups in total. The average Bonchev–Trinajstić information content (AvgIpc) is 3.41. The molecular formula is C18H22N6O. The van der Waals surface area contributed by atoms with Crippen LogP contribution in [0.25, 0.3) is 0 Å². The summed E-state index contributed by atoms with van der Waals surface area (Å²) >= 11 is 0. The minimum absolute atomic E-state index is 0.503. The van der Waals surface area contributed by atoms with E-state index >= 15 is 0 Å². The summed E-state index contributed by atoms with van der Waals surface area (Å²) in [6.07, 6.45) is 3.40. The highest BCUT2D eigenvalue weighted by Crippen LogP contribution is 2.38. The van der Waals surface area contributed by atoms with E-state index in [0.717, 1.165) is 62.2 Å². The Balaban J connectivity index is 1.38. The van der Waals surface area contributed by atoms with Gasteiger partial charge in [0, 0.05) is 32.1 Å². The molecule has 0 atom stereocenters. The molecule has 0 spiro atoms. The van der Waals surface area contributed by atoms with Gasteiger partial charge in [-0.1, -0.05) is 11.2 Å². The molecule has 0 bridgehead atoms. The third-order valence-corrected chi connectivity index (χ3v) is 4.88. The van der Waals surface area contributed by atoms with E-state index in [9.17, 15) is 5.26 Å². The molecule has 0 aromatic carbocycles. The van der Waals surface area contributed by atoms with Crippen molar-refractivity contribution in [2.24, 2.45) is 0 Å². The molecule has 0 radical (unpaired) electrons. The molecule has 3 heterocycles. The predicted octanol–water partition coefficient (Wildman–Crippen LogP) is 2.23. The monoisotopic (exact) mass is 338 g/mol. The zero-order valence-corrected chi connectivity index (χ0v) is 14.5. The Labute approximate surface area is 147 Å². The SMILES string of the molecule is Cc1ccc(N2CCCN(Cc3noc(C4CC4)n3)CC2)nc1C#N. The highest BCUT2D eigenvalue weighted by Gasteiger charge is 2.30. The zero-order chi connectivity index (χ0) is 17.2. The number of pyridine rings is 1. The van der Waals surface area contributed by atoms with Crippen LogP contribution >= 0.6 is 0 Å². The van der Waals surface area contributed by atoms with Crippen LogP contribution in [0.3, 0.4) is 0 Å². The molecule has 7 nitrogen and oxygen atoms in total. The van der Waals surface area contributed by atoms with Crippen molar-refractivity contribution in [1.82, 2.24) is 20.0 Å². The second kappa shape index (κ2) is 6.81. The van der Waals surface area contributed by atoms with E-state index in [0.29, 0.717) is 11.6 Å². The van der Waals surface area contributed by atoms with Crippen molar-refractivity contribution in [3.05, 3.63) is 35.1 Å². The normalized spacial score (nSPS) is 18.8. The van der Waals surface area contributed by atoms with Crippen molar-refractivity contribution in [2.75, 3.05) is 31.1 Å².